The van der Waals surface area contributed by atoms with E-state index >= 15 is 0 Å². The number of hydrogen-bond acceptors (Lipinski definition) is 4. The molecule has 0 spiro atoms. The highest BCUT2D eigenvalue weighted by Gasteiger charge is 2.26. The van der Waals surface area contributed by atoms with Crippen LogP contribution < -0.4 is 11.1 Å². The summed E-state index contributed by atoms with van der Waals surface area (Å²) in [5.74, 6) is 0.549. The number of carbonyl (C=O) groups is 2. The van der Waals surface area contributed by atoms with E-state index in [1.807, 2.05) is 11.1 Å². The number of nitrogens with zero attached hydrogens (tertiary/aromatic N) is 3. The average Bonchev–Trinajstić information content (AvgIpc) is 2.73. The van der Waals surface area contributed by atoms with Gasteiger partial charge in [0.1, 0.15) is 5.82 Å². The Bertz CT molecular complexity index is 442. The first-order valence-corrected chi connectivity index (χ1v) is 5.42. The lowest BCUT2D eigenvalue weighted by Gasteiger charge is -2.31. The summed E-state index contributed by atoms with van der Waals surface area (Å²) in [5.41, 5.74) is 4.91. The Morgan fingerprint density at radius 3 is 3.00 bits per heavy atom. The third-order valence-corrected chi connectivity index (χ3v) is 2.95. The highest BCUT2D eigenvalue weighted by Crippen LogP contribution is 2.13. The largest absolute Gasteiger partial charge is 0.351 e. The van der Waals surface area contributed by atoms with Gasteiger partial charge in [-0.3, -0.25) is 15.0 Å². The lowest BCUT2D eigenvalue weighted by atomic mass is 10.2. The molecule has 92 valence electrons. The number of fused-ring (bicyclic) bond motifs is 1. The van der Waals surface area contributed by atoms with Crippen molar-refractivity contribution in [3.05, 3.63) is 18.2 Å². The van der Waals surface area contributed by atoms with Crippen LogP contribution in [0.2, 0.25) is 0 Å². The maximum absolute atomic E-state index is 11.6. The summed E-state index contributed by atoms with van der Waals surface area (Å²) in [6.45, 7) is 3.89. The van der Waals surface area contributed by atoms with Crippen molar-refractivity contribution >= 4 is 11.9 Å². The quantitative estimate of drug-likeness (QED) is 0.710. The maximum Gasteiger partial charge on any atom is 0.318 e. The molecule has 1 aromatic heterocycles. The van der Waals surface area contributed by atoms with Crippen molar-refractivity contribution in [2.75, 3.05) is 6.54 Å². The molecule has 2 rings (SSSR count). The van der Waals surface area contributed by atoms with Crippen LogP contribution in [-0.2, 0) is 17.9 Å². The zero-order valence-electron chi connectivity index (χ0n) is 9.59. The topological polar surface area (TPSA) is 93.2 Å². The molecule has 7 heteroatoms. The van der Waals surface area contributed by atoms with Crippen LogP contribution in [-0.4, -0.2) is 39.0 Å². The lowest BCUT2D eigenvalue weighted by molar-refractivity contribution is -0.125. The third kappa shape index (κ3) is 2.44. The standard InChI is InChI=1S/C10H15N5O2/c1-7(9(16)13-10(11)17)15-5-4-14-3-2-12-8(14)6-15/h2-3,7H,4-6H2,1H3,(H3,11,13,16,17)/t7-/m1/s1. The van der Waals surface area contributed by atoms with Gasteiger partial charge in [-0.25, -0.2) is 9.78 Å². The number of amides is 3. The van der Waals surface area contributed by atoms with Gasteiger partial charge in [0.2, 0.25) is 5.91 Å². The van der Waals surface area contributed by atoms with Crippen LogP contribution in [0.3, 0.4) is 0 Å². The number of nitrogens with two attached hydrogens (primary N) is 1. The van der Waals surface area contributed by atoms with Crippen molar-refractivity contribution in [1.29, 1.82) is 0 Å². The van der Waals surface area contributed by atoms with E-state index in [0.29, 0.717) is 6.54 Å². The van der Waals surface area contributed by atoms with Gasteiger partial charge in [-0.2, -0.15) is 0 Å². The van der Waals surface area contributed by atoms with Crippen molar-refractivity contribution < 1.29 is 9.59 Å². The second-order valence-electron chi connectivity index (χ2n) is 4.04. The number of nitrogens with one attached hydrogen (secondary N) is 1. The molecule has 1 aromatic rings. The van der Waals surface area contributed by atoms with E-state index in [9.17, 15) is 9.59 Å². The van der Waals surface area contributed by atoms with Crippen molar-refractivity contribution in [2.24, 2.45) is 5.73 Å². The Morgan fingerprint density at radius 2 is 2.29 bits per heavy atom. The van der Waals surface area contributed by atoms with Gasteiger partial charge in [0, 0.05) is 25.5 Å². The first kappa shape index (κ1) is 11.6. The molecular formula is C10H15N5O2. The molecule has 0 aliphatic carbocycles. The number of hydrogen-bond donors (Lipinski definition) is 2. The molecule has 0 unspecified atom stereocenters. The summed E-state index contributed by atoms with van der Waals surface area (Å²) in [5, 5.41) is 2.09. The SMILES string of the molecule is C[C@H](C(=O)NC(N)=O)N1CCn2ccnc2C1. The van der Waals surface area contributed by atoms with Crippen LogP contribution in [0.1, 0.15) is 12.7 Å². The number of imide groups is 1. The number of imidazole rings is 1. The molecule has 3 N–H and O–H groups in total. The molecule has 17 heavy (non-hydrogen) atoms. The van der Waals surface area contributed by atoms with E-state index in [1.165, 1.54) is 0 Å². The van der Waals surface area contributed by atoms with Crippen molar-refractivity contribution in [3.8, 4) is 0 Å². The van der Waals surface area contributed by atoms with E-state index in [-0.39, 0.29) is 5.91 Å². The van der Waals surface area contributed by atoms with E-state index in [4.69, 9.17) is 5.73 Å². The molecule has 0 radical (unpaired) electrons. The monoisotopic (exact) mass is 237 g/mol. The lowest BCUT2D eigenvalue weighted by Crippen LogP contribution is -2.50. The van der Waals surface area contributed by atoms with Gasteiger partial charge >= 0.3 is 6.03 Å². The molecule has 0 fully saturated rings. The first-order chi connectivity index (χ1) is 8.08. The second kappa shape index (κ2) is 4.54. The van der Waals surface area contributed by atoms with E-state index < -0.39 is 12.1 Å². The summed E-state index contributed by atoms with van der Waals surface area (Å²) >= 11 is 0. The fourth-order valence-electron chi connectivity index (χ4n) is 1.91. The number of urea groups is 1. The smallest absolute Gasteiger partial charge is 0.318 e. The molecule has 0 bridgehead atoms. The van der Waals surface area contributed by atoms with Crippen LogP contribution in [0, 0.1) is 0 Å². The highest BCUT2D eigenvalue weighted by atomic mass is 16.2. The molecular weight excluding hydrogens is 222 g/mol. The van der Waals surface area contributed by atoms with E-state index in [2.05, 4.69) is 14.9 Å². The van der Waals surface area contributed by atoms with Crippen molar-refractivity contribution in [1.82, 2.24) is 19.8 Å². The molecule has 1 aliphatic heterocycles. The second-order valence-corrected chi connectivity index (χ2v) is 4.04. The van der Waals surface area contributed by atoms with Crippen LogP contribution in [0.25, 0.3) is 0 Å². The van der Waals surface area contributed by atoms with Crippen LogP contribution in [0.15, 0.2) is 12.4 Å². The Kier molecular flexibility index (Phi) is 3.10. The van der Waals surface area contributed by atoms with E-state index in [0.717, 1.165) is 18.9 Å². The van der Waals surface area contributed by atoms with Crippen LogP contribution in [0.4, 0.5) is 4.79 Å². The van der Waals surface area contributed by atoms with Crippen molar-refractivity contribution in [3.63, 3.8) is 0 Å². The number of rotatable bonds is 2. The maximum atomic E-state index is 11.6. The molecule has 1 atom stereocenters. The number of aromatic nitrogens is 2. The van der Waals surface area contributed by atoms with Gasteiger partial charge in [-0.05, 0) is 6.92 Å². The minimum Gasteiger partial charge on any atom is -0.351 e. The molecule has 2 heterocycles. The van der Waals surface area contributed by atoms with Gasteiger partial charge in [-0.15, -0.1) is 0 Å². The Hall–Kier alpha value is -1.89. The normalized spacial score (nSPS) is 17.2. The molecule has 0 aromatic carbocycles. The summed E-state index contributed by atoms with van der Waals surface area (Å²) in [6, 6.07) is -1.21. The molecule has 1 aliphatic rings. The Balaban J connectivity index is 2.00. The summed E-state index contributed by atoms with van der Waals surface area (Å²) in [6.07, 6.45) is 3.66. The summed E-state index contributed by atoms with van der Waals surface area (Å²) in [4.78, 5) is 28.4. The number of carbonyl (C=O) groups excluding carboxylic acids is 2. The predicted octanol–water partition coefficient (Wildman–Crippen LogP) is -0.718. The van der Waals surface area contributed by atoms with Crippen LogP contribution in [0.5, 0.6) is 0 Å². The van der Waals surface area contributed by atoms with Crippen molar-refractivity contribution in [2.45, 2.75) is 26.1 Å². The molecule has 0 saturated heterocycles. The third-order valence-electron chi connectivity index (χ3n) is 2.95. The zero-order valence-corrected chi connectivity index (χ0v) is 9.59. The summed E-state index contributed by atoms with van der Waals surface area (Å²) < 4.78 is 2.05. The van der Waals surface area contributed by atoms with E-state index in [1.54, 1.807) is 13.1 Å². The van der Waals surface area contributed by atoms with Gasteiger partial charge in [-0.1, -0.05) is 0 Å². The molecule has 0 saturated carbocycles. The Labute approximate surface area is 98.6 Å². The molecule has 7 nitrogen and oxygen atoms in total. The van der Waals surface area contributed by atoms with Crippen LogP contribution >= 0.6 is 0 Å². The summed E-state index contributed by atoms with van der Waals surface area (Å²) in [7, 11) is 0. The fraction of sp³-hybridized carbons (Fsp3) is 0.500. The number of primary amides is 1. The van der Waals surface area contributed by atoms with Gasteiger partial charge < -0.3 is 10.3 Å². The zero-order chi connectivity index (χ0) is 12.4. The predicted molar refractivity (Wildman–Crippen MR) is 59.8 cm³/mol. The Morgan fingerprint density at radius 1 is 1.53 bits per heavy atom. The molecule has 3 amide bonds. The van der Waals surface area contributed by atoms with Gasteiger partial charge in [0.25, 0.3) is 0 Å². The average molecular weight is 237 g/mol. The highest BCUT2D eigenvalue weighted by molar-refractivity contribution is 5.96. The van der Waals surface area contributed by atoms with Gasteiger partial charge in [0.05, 0.1) is 12.6 Å². The first-order valence-electron chi connectivity index (χ1n) is 5.42. The minimum atomic E-state index is -0.819. The minimum absolute atomic E-state index is 0.377. The van der Waals surface area contributed by atoms with Gasteiger partial charge in [0.15, 0.2) is 0 Å². The fourth-order valence-corrected chi connectivity index (χ4v) is 1.91.